The summed E-state index contributed by atoms with van der Waals surface area (Å²) in [4.78, 5) is 33.0. The Kier molecular flexibility index (Phi) is 4.21. The minimum absolute atomic E-state index is 0.116. The topological polar surface area (TPSA) is 113 Å². The molecule has 1 N–H and O–H groups in total. The quantitative estimate of drug-likeness (QED) is 0.534. The summed E-state index contributed by atoms with van der Waals surface area (Å²) in [5, 5.41) is 11.3. The summed E-state index contributed by atoms with van der Waals surface area (Å²) in [6, 6.07) is 5.49. The highest BCUT2D eigenvalue weighted by Gasteiger charge is 2.10. The van der Waals surface area contributed by atoms with E-state index in [2.05, 4.69) is 25.5 Å². The molecule has 0 saturated heterocycles. The van der Waals surface area contributed by atoms with E-state index < -0.39 is 0 Å². The molecule has 0 atom stereocenters. The summed E-state index contributed by atoms with van der Waals surface area (Å²) >= 11 is 0. The highest BCUT2D eigenvalue weighted by atomic mass is 16.2. The summed E-state index contributed by atoms with van der Waals surface area (Å²) in [7, 11) is 1.71. The first-order chi connectivity index (χ1) is 13.1. The Balaban J connectivity index is 1.40. The molecule has 136 valence electrons. The van der Waals surface area contributed by atoms with E-state index >= 15 is 0 Å². The van der Waals surface area contributed by atoms with Crippen LogP contribution in [0.15, 0.2) is 54.1 Å². The van der Waals surface area contributed by atoms with Gasteiger partial charge in [-0.2, -0.15) is 10.2 Å². The third kappa shape index (κ3) is 3.32. The minimum atomic E-state index is -0.298. The zero-order chi connectivity index (χ0) is 18.8. The average molecular weight is 364 g/mol. The third-order valence-electron chi connectivity index (χ3n) is 4.07. The largest absolute Gasteiger partial charge is 0.350 e. The number of nitrogens with zero attached hydrogens (tertiary/aromatic N) is 7. The fraction of sp³-hybridized carbons (Fsp3) is 0.176. The highest BCUT2D eigenvalue weighted by Crippen LogP contribution is 2.05. The van der Waals surface area contributed by atoms with Crippen molar-refractivity contribution in [2.24, 2.45) is 7.05 Å². The van der Waals surface area contributed by atoms with Crippen LogP contribution in [0.3, 0.4) is 0 Å². The second-order valence-corrected chi connectivity index (χ2v) is 5.94. The molecule has 1 amide bonds. The monoisotopic (exact) mass is 364 g/mol. The molecule has 4 aromatic rings. The molecule has 10 heteroatoms. The Bertz CT molecular complexity index is 1140. The Morgan fingerprint density at radius 1 is 1.19 bits per heavy atom. The van der Waals surface area contributed by atoms with Gasteiger partial charge in [0.15, 0.2) is 11.5 Å². The second-order valence-electron chi connectivity index (χ2n) is 5.94. The smallest absolute Gasteiger partial charge is 0.264 e. The lowest BCUT2D eigenvalue weighted by Gasteiger charge is -2.08. The number of rotatable bonds is 5. The van der Waals surface area contributed by atoms with Crippen LogP contribution in [0.1, 0.15) is 5.56 Å². The van der Waals surface area contributed by atoms with Gasteiger partial charge in [0.1, 0.15) is 18.3 Å². The lowest BCUT2D eigenvalue weighted by molar-refractivity contribution is -0.121. The van der Waals surface area contributed by atoms with Crippen molar-refractivity contribution in [1.29, 1.82) is 0 Å². The average Bonchev–Trinajstić information content (AvgIpc) is 3.33. The highest BCUT2D eigenvalue weighted by molar-refractivity contribution is 5.77. The SMILES string of the molecule is Cn1ncc2c(=O)n(CC(=O)NCc3ccc(-n4cccn4)nc3)cnc21. The van der Waals surface area contributed by atoms with Crippen LogP contribution < -0.4 is 10.9 Å². The lowest BCUT2D eigenvalue weighted by Crippen LogP contribution is -2.32. The lowest BCUT2D eigenvalue weighted by atomic mass is 10.3. The number of aryl methyl sites for hydroxylation is 1. The number of hydrogen-bond donors (Lipinski definition) is 1. The van der Waals surface area contributed by atoms with Crippen LogP contribution in [0.5, 0.6) is 0 Å². The first-order valence-electron chi connectivity index (χ1n) is 8.20. The predicted molar refractivity (Wildman–Crippen MR) is 96.0 cm³/mol. The van der Waals surface area contributed by atoms with Gasteiger partial charge < -0.3 is 5.32 Å². The van der Waals surface area contributed by atoms with Crippen molar-refractivity contribution in [3.8, 4) is 5.82 Å². The Morgan fingerprint density at radius 3 is 2.81 bits per heavy atom. The first kappa shape index (κ1) is 16.6. The molecule has 0 aliphatic heterocycles. The molecule has 27 heavy (non-hydrogen) atoms. The van der Waals surface area contributed by atoms with Crippen molar-refractivity contribution < 1.29 is 4.79 Å². The zero-order valence-electron chi connectivity index (χ0n) is 14.5. The van der Waals surface area contributed by atoms with Gasteiger partial charge in [0.05, 0.1) is 6.20 Å². The van der Waals surface area contributed by atoms with Gasteiger partial charge >= 0.3 is 0 Å². The molecule has 4 heterocycles. The molecule has 0 aliphatic rings. The molecular weight excluding hydrogens is 348 g/mol. The summed E-state index contributed by atoms with van der Waals surface area (Å²) in [5.41, 5.74) is 1.03. The van der Waals surface area contributed by atoms with Gasteiger partial charge in [0.25, 0.3) is 5.56 Å². The molecule has 0 radical (unpaired) electrons. The standard InChI is InChI=1S/C17H16N8O2/c1-23-16-13(9-22-23)17(27)24(11-20-16)10-15(26)19-8-12-3-4-14(18-7-12)25-6-2-5-21-25/h2-7,9,11H,8,10H2,1H3,(H,19,26). The van der Waals surface area contributed by atoms with Crippen LogP contribution in [0.4, 0.5) is 0 Å². The number of hydrogen-bond acceptors (Lipinski definition) is 6. The van der Waals surface area contributed by atoms with Crippen LogP contribution in [-0.2, 0) is 24.9 Å². The van der Waals surface area contributed by atoms with E-state index in [1.165, 1.54) is 21.8 Å². The first-order valence-corrected chi connectivity index (χ1v) is 8.20. The Hall–Kier alpha value is -3.82. The molecule has 4 aromatic heterocycles. The third-order valence-corrected chi connectivity index (χ3v) is 4.07. The molecule has 10 nitrogen and oxygen atoms in total. The maximum atomic E-state index is 12.4. The molecule has 0 aromatic carbocycles. The number of carbonyl (C=O) groups is 1. The predicted octanol–water partition coefficient (Wildman–Crippen LogP) is 0.0271. The molecule has 4 rings (SSSR count). The molecule has 0 bridgehead atoms. The van der Waals surface area contributed by atoms with E-state index in [1.807, 2.05) is 18.2 Å². The zero-order valence-corrected chi connectivity index (χ0v) is 14.5. The number of amides is 1. The van der Waals surface area contributed by atoms with Gasteiger partial charge in [-0.15, -0.1) is 0 Å². The normalized spacial score (nSPS) is 11.0. The van der Waals surface area contributed by atoms with Gasteiger partial charge in [0, 0.05) is 32.2 Å². The maximum Gasteiger partial charge on any atom is 0.264 e. The number of nitrogens with one attached hydrogen (secondary N) is 1. The van der Waals surface area contributed by atoms with Crippen LogP contribution >= 0.6 is 0 Å². The number of pyridine rings is 1. The van der Waals surface area contributed by atoms with Crippen LogP contribution in [0.2, 0.25) is 0 Å². The fourth-order valence-corrected chi connectivity index (χ4v) is 2.65. The summed E-state index contributed by atoms with van der Waals surface area (Å²) in [6.45, 7) is 0.192. The Labute approximate surface area is 153 Å². The van der Waals surface area contributed by atoms with E-state index in [9.17, 15) is 9.59 Å². The molecular formula is C17H16N8O2. The van der Waals surface area contributed by atoms with Gasteiger partial charge in [-0.05, 0) is 17.7 Å². The summed E-state index contributed by atoms with van der Waals surface area (Å²) in [6.07, 6.45) is 7.95. The maximum absolute atomic E-state index is 12.4. The number of fused-ring (bicyclic) bond motifs is 1. The second kappa shape index (κ2) is 6.83. The van der Waals surface area contributed by atoms with Gasteiger partial charge in [0.2, 0.25) is 5.91 Å². The van der Waals surface area contributed by atoms with Crippen molar-refractivity contribution in [2.75, 3.05) is 0 Å². The van der Waals surface area contributed by atoms with E-state index in [1.54, 1.807) is 30.3 Å². The van der Waals surface area contributed by atoms with Crippen molar-refractivity contribution >= 4 is 16.9 Å². The van der Waals surface area contributed by atoms with Gasteiger partial charge in [-0.25, -0.2) is 14.6 Å². The van der Waals surface area contributed by atoms with Gasteiger partial charge in [-0.1, -0.05) is 6.07 Å². The van der Waals surface area contributed by atoms with E-state index in [-0.39, 0.29) is 18.0 Å². The number of aromatic nitrogens is 7. The van der Waals surface area contributed by atoms with E-state index in [0.29, 0.717) is 23.4 Å². The minimum Gasteiger partial charge on any atom is -0.350 e. The Morgan fingerprint density at radius 2 is 2.07 bits per heavy atom. The van der Waals surface area contributed by atoms with Crippen LogP contribution in [0.25, 0.3) is 16.9 Å². The van der Waals surface area contributed by atoms with Crippen molar-refractivity contribution in [2.45, 2.75) is 13.1 Å². The van der Waals surface area contributed by atoms with Gasteiger partial charge in [-0.3, -0.25) is 18.8 Å². The molecule has 0 unspecified atom stereocenters. The molecule has 0 aliphatic carbocycles. The van der Waals surface area contributed by atoms with Crippen LogP contribution in [-0.4, -0.2) is 40.0 Å². The van der Waals surface area contributed by atoms with Crippen molar-refractivity contribution in [3.05, 3.63) is 65.2 Å². The fourth-order valence-electron chi connectivity index (χ4n) is 2.65. The summed E-state index contributed by atoms with van der Waals surface area (Å²) < 4.78 is 4.43. The molecule has 0 fully saturated rings. The van der Waals surface area contributed by atoms with Crippen LogP contribution in [0, 0.1) is 0 Å². The van der Waals surface area contributed by atoms with Crippen molar-refractivity contribution in [3.63, 3.8) is 0 Å². The molecule has 0 saturated carbocycles. The summed E-state index contributed by atoms with van der Waals surface area (Å²) in [5.74, 6) is 0.399. The molecule has 0 spiro atoms. The number of carbonyl (C=O) groups excluding carboxylic acids is 1. The van der Waals surface area contributed by atoms with Crippen molar-refractivity contribution in [1.82, 2.24) is 39.4 Å². The van der Waals surface area contributed by atoms with E-state index in [0.717, 1.165) is 5.56 Å². The van der Waals surface area contributed by atoms with E-state index in [4.69, 9.17) is 0 Å².